The van der Waals surface area contributed by atoms with Crippen LogP contribution in [-0.2, 0) is 27.5 Å². The maximum Gasteiger partial charge on any atom is 0.325 e. The Hall–Kier alpha value is -2.10. The first-order valence-electron chi connectivity index (χ1n) is 5.77. The van der Waals surface area contributed by atoms with E-state index < -0.39 is 5.97 Å². The Kier molecular flexibility index (Phi) is 4.56. The van der Waals surface area contributed by atoms with Crippen LogP contribution in [0.15, 0.2) is 6.20 Å². The molecule has 0 aliphatic carbocycles. The number of rotatable bonds is 6. The lowest BCUT2D eigenvalue weighted by Gasteiger charge is -2.13. The highest BCUT2D eigenvalue weighted by molar-refractivity contribution is 8.00. The summed E-state index contributed by atoms with van der Waals surface area (Å²) < 4.78 is 1.17. The van der Waals surface area contributed by atoms with Gasteiger partial charge in [-0.2, -0.15) is 0 Å². The van der Waals surface area contributed by atoms with Crippen molar-refractivity contribution in [2.75, 3.05) is 18.2 Å². The predicted molar refractivity (Wildman–Crippen MR) is 68.5 cm³/mol. The number of aliphatic carboxylic acids is 1. The van der Waals surface area contributed by atoms with Crippen molar-refractivity contribution in [2.45, 2.75) is 13.1 Å². The van der Waals surface area contributed by atoms with Gasteiger partial charge in [0.05, 0.1) is 24.4 Å². The molecule has 9 nitrogen and oxygen atoms in total. The molecule has 108 valence electrons. The molecular weight excluding hydrogens is 286 g/mol. The van der Waals surface area contributed by atoms with Crippen LogP contribution in [0.5, 0.6) is 0 Å². The van der Waals surface area contributed by atoms with E-state index in [1.165, 1.54) is 27.5 Å². The van der Waals surface area contributed by atoms with Crippen molar-refractivity contribution in [2.24, 2.45) is 0 Å². The molecule has 1 aliphatic rings. The molecule has 0 radical (unpaired) electrons. The number of thioether (sulfide) groups is 1. The second kappa shape index (κ2) is 6.37. The normalized spacial score (nSPS) is 14.6. The fourth-order valence-corrected chi connectivity index (χ4v) is 2.50. The molecule has 2 amide bonds. The van der Waals surface area contributed by atoms with E-state index in [1.54, 1.807) is 0 Å². The van der Waals surface area contributed by atoms with Crippen molar-refractivity contribution >= 4 is 29.5 Å². The first-order chi connectivity index (χ1) is 9.54. The SMILES string of the molecule is O=C(O)Cn1cc(CNC(=O)CN2CSCC2=O)nn1. The minimum absolute atomic E-state index is 0.0229. The number of nitrogens with zero attached hydrogens (tertiary/aromatic N) is 4. The van der Waals surface area contributed by atoms with Crippen molar-refractivity contribution in [1.82, 2.24) is 25.2 Å². The Balaban J connectivity index is 1.76. The zero-order valence-corrected chi connectivity index (χ0v) is 11.3. The minimum atomic E-state index is -1.02. The molecule has 10 heteroatoms. The number of hydrogen-bond acceptors (Lipinski definition) is 6. The number of hydrogen-bond donors (Lipinski definition) is 2. The summed E-state index contributed by atoms with van der Waals surface area (Å²) in [6.07, 6.45) is 1.45. The molecule has 0 bridgehead atoms. The van der Waals surface area contributed by atoms with E-state index in [4.69, 9.17) is 5.11 Å². The van der Waals surface area contributed by atoms with E-state index in [1.807, 2.05) is 0 Å². The van der Waals surface area contributed by atoms with Crippen molar-refractivity contribution in [3.05, 3.63) is 11.9 Å². The second-order valence-corrected chi connectivity index (χ2v) is 5.10. The van der Waals surface area contributed by atoms with Gasteiger partial charge in [-0.05, 0) is 0 Å². The molecule has 1 fully saturated rings. The van der Waals surface area contributed by atoms with E-state index in [9.17, 15) is 14.4 Å². The molecule has 20 heavy (non-hydrogen) atoms. The second-order valence-electron chi connectivity index (χ2n) is 4.15. The Labute approximate surface area is 118 Å². The van der Waals surface area contributed by atoms with Gasteiger partial charge >= 0.3 is 5.97 Å². The molecular formula is C10H13N5O4S. The van der Waals surface area contributed by atoms with E-state index in [2.05, 4.69) is 15.6 Å². The van der Waals surface area contributed by atoms with Gasteiger partial charge in [0.1, 0.15) is 18.8 Å². The Bertz CT molecular complexity index is 531. The molecule has 2 N–H and O–H groups in total. The van der Waals surface area contributed by atoms with Gasteiger partial charge in [0.25, 0.3) is 0 Å². The summed E-state index contributed by atoms with van der Waals surface area (Å²) in [5.74, 6) is -0.403. The Morgan fingerprint density at radius 2 is 2.25 bits per heavy atom. The molecule has 0 saturated carbocycles. The van der Waals surface area contributed by atoms with Gasteiger partial charge in [0, 0.05) is 0 Å². The molecule has 0 aromatic carbocycles. The third-order valence-corrected chi connectivity index (χ3v) is 3.46. The molecule has 0 spiro atoms. The molecule has 1 aliphatic heterocycles. The molecule has 0 atom stereocenters. The molecule has 1 saturated heterocycles. The first kappa shape index (κ1) is 14.3. The predicted octanol–water partition coefficient (Wildman–Crippen LogP) is -1.49. The van der Waals surface area contributed by atoms with Gasteiger partial charge in [0.2, 0.25) is 11.8 Å². The van der Waals surface area contributed by atoms with Crippen LogP contribution in [-0.4, -0.2) is 61.0 Å². The van der Waals surface area contributed by atoms with Crippen LogP contribution in [0, 0.1) is 0 Å². The van der Waals surface area contributed by atoms with Crippen LogP contribution in [0.25, 0.3) is 0 Å². The monoisotopic (exact) mass is 299 g/mol. The quantitative estimate of drug-likeness (QED) is 0.657. The van der Waals surface area contributed by atoms with Gasteiger partial charge in [0.15, 0.2) is 0 Å². The van der Waals surface area contributed by atoms with Gasteiger partial charge in [-0.3, -0.25) is 14.4 Å². The van der Waals surface area contributed by atoms with Crippen molar-refractivity contribution in [3.8, 4) is 0 Å². The number of aromatic nitrogens is 3. The first-order valence-corrected chi connectivity index (χ1v) is 6.93. The summed E-state index contributed by atoms with van der Waals surface area (Å²) in [4.78, 5) is 34.9. The number of carboxylic acids is 1. The maximum absolute atomic E-state index is 11.6. The average molecular weight is 299 g/mol. The lowest BCUT2D eigenvalue weighted by molar-refractivity contribution is -0.138. The van der Waals surface area contributed by atoms with Gasteiger partial charge < -0.3 is 15.3 Å². The maximum atomic E-state index is 11.6. The Morgan fingerprint density at radius 1 is 1.45 bits per heavy atom. The Morgan fingerprint density at radius 3 is 2.90 bits per heavy atom. The number of carbonyl (C=O) groups excluding carboxylic acids is 2. The van der Waals surface area contributed by atoms with Crippen LogP contribution in [0.3, 0.4) is 0 Å². The number of carbonyl (C=O) groups is 3. The van der Waals surface area contributed by atoms with Gasteiger partial charge in [-0.25, -0.2) is 4.68 Å². The number of carboxylic acid groups (broad SMARTS) is 1. The summed E-state index contributed by atoms with van der Waals surface area (Å²) in [7, 11) is 0. The fraction of sp³-hybridized carbons (Fsp3) is 0.500. The highest BCUT2D eigenvalue weighted by atomic mass is 32.2. The largest absolute Gasteiger partial charge is 0.480 e. The van der Waals surface area contributed by atoms with Gasteiger partial charge in [-0.15, -0.1) is 16.9 Å². The van der Waals surface area contributed by atoms with Gasteiger partial charge in [-0.1, -0.05) is 5.21 Å². The zero-order valence-electron chi connectivity index (χ0n) is 10.5. The molecule has 0 unspecified atom stereocenters. The van der Waals surface area contributed by atoms with Crippen LogP contribution in [0.1, 0.15) is 5.69 Å². The van der Waals surface area contributed by atoms with Crippen LogP contribution in [0.4, 0.5) is 0 Å². The smallest absolute Gasteiger partial charge is 0.325 e. The average Bonchev–Trinajstić information content (AvgIpc) is 2.97. The third-order valence-electron chi connectivity index (χ3n) is 2.51. The lowest BCUT2D eigenvalue weighted by Crippen LogP contribution is -2.37. The van der Waals surface area contributed by atoms with E-state index in [0.717, 1.165) is 0 Å². The number of amides is 2. The third kappa shape index (κ3) is 3.95. The van der Waals surface area contributed by atoms with E-state index >= 15 is 0 Å². The van der Waals surface area contributed by atoms with Crippen molar-refractivity contribution in [1.29, 1.82) is 0 Å². The minimum Gasteiger partial charge on any atom is -0.480 e. The summed E-state index contributed by atoms with van der Waals surface area (Å²) in [6, 6.07) is 0. The van der Waals surface area contributed by atoms with Crippen molar-refractivity contribution in [3.63, 3.8) is 0 Å². The molecule has 1 aromatic heterocycles. The van der Waals surface area contributed by atoms with Crippen LogP contribution < -0.4 is 5.32 Å². The van der Waals surface area contributed by atoms with Crippen LogP contribution in [0.2, 0.25) is 0 Å². The summed E-state index contributed by atoms with van der Waals surface area (Å²) in [5.41, 5.74) is 0.460. The lowest BCUT2D eigenvalue weighted by atomic mass is 10.4. The van der Waals surface area contributed by atoms with Crippen molar-refractivity contribution < 1.29 is 19.5 Å². The van der Waals surface area contributed by atoms with Crippen LogP contribution >= 0.6 is 11.8 Å². The molecule has 2 rings (SSSR count). The van der Waals surface area contributed by atoms with E-state index in [-0.39, 0.29) is 31.4 Å². The summed E-state index contributed by atoms with van der Waals surface area (Å²) in [5, 5.41) is 18.5. The van der Waals surface area contributed by atoms with E-state index in [0.29, 0.717) is 17.3 Å². The number of nitrogens with one attached hydrogen (secondary N) is 1. The summed E-state index contributed by atoms with van der Waals surface area (Å²) in [6.45, 7) is -0.108. The highest BCUT2D eigenvalue weighted by Gasteiger charge is 2.22. The molecule has 1 aromatic rings. The highest BCUT2D eigenvalue weighted by Crippen LogP contribution is 2.13. The fourth-order valence-electron chi connectivity index (χ4n) is 1.59. The zero-order chi connectivity index (χ0) is 14.5. The molecule has 2 heterocycles. The standard InChI is InChI=1S/C10H13N5O4S/c16-8(3-14-6-20-5-9(14)17)11-1-7-2-15(13-12-7)4-10(18)19/h2H,1,3-6H2,(H,11,16)(H,18,19). The summed E-state index contributed by atoms with van der Waals surface area (Å²) >= 11 is 1.47. The topological polar surface area (TPSA) is 117 Å².